The van der Waals surface area contributed by atoms with Crippen LogP contribution >= 0.6 is 34.5 Å². The van der Waals surface area contributed by atoms with E-state index in [1.54, 1.807) is 11.3 Å². The molecule has 15 heavy (non-hydrogen) atoms. The van der Waals surface area contributed by atoms with E-state index in [2.05, 4.69) is 6.07 Å². The number of hydrogen-bond donors (Lipinski definition) is 0. The Balaban J connectivity index is 2.08. The van der Waals surface area contributed by atoms with Gasteiger partial charge < -0.3 is 4.74 Å². The molecule has 0 bridgehead atoms. The first kappa shape index (κ1) is 11.7. The van der Waals surface area contributed by atoms with E-state index >= 15 is 0 Å². The summed E-state index contributed by atoms with van der Waals surface area (Å²) in [5, 5.41) is -0.0403. The average molecular weight is 265 g/mol. The smallest absolute Gasteiger partial charge is 0.0960 e. The molecule has 1 aliphatic heterocycles. The molecule has 2 atom stereocenters. The lowest BCUT2D eigenvalue weighted by Gasteiger charge is -2.25. The minimum Gasteiger partial charge on any atom is -0.376 e. The third-order valence-electron chi connectivity index (χ3n) is 2.69. The minimum absolute atomic E-state index is 0.0403. The molecule has 1 aromatic rings. The summed E-state index contributed by atoms with van der Waals surface area (Å²) in [7, 11) is 0. The third kappa shape index (κ3) is 2.68. The van der Waals surface area contributed by atoms with E-state index in [9.17, 15) is 0 Å². The van der Waals surface area contributed by atoms with E-state index in [1.165, 1.54) is 6.42 Å². The maximum atomic E-state index is 6.40. The molecule has 1 fully saturated rings. The predicted octanol–water partition coefficient (Wildman–Crippen LogP) is 4.56. The zero-order valence-electron chi connectivity index (χ0n) is 8.63. The second-order valence-electron chi connectivity index (χ2n) is 3.91. The Hall–Kier alpha value is 0.240. The standard InChI is InChI=1S/C11H14Cl2OS/c1-7-6-9(15-11(7)13)10(12)8-4-2-3-5-14-8/h6,8,10H,2-5H2,1H3. The number of alkyl halides is 1. The highest BCUT2D eigenvalue weighted by atomic mass is 35.5. The Kier molecular flexibility index (Phi) is 3.94. The van der Waals surface area contributed by atoms with Crippen LogP contribution in [0.25, 0.3) is 0 Å². The molecule has 2 rings (SSSR count). The lowest BCUT2D eigenvalue weighted by Crippen LogP contribution is -2.23. The molecule has 0 saturated carbocycles. The van der Waals surface area contributed by atoms with Crippen LogP contribution < -0.4 is 0 Å². The lowest BCUT2D eigenvalue weighted by molar-refractivity contribution is 0.0141. The molecule has 1 saturated heterocycles. The van der Waals surface area contributed by atoms with Crippen LogP contribution in [0.4, 0.5) is 0 Å². The van der Waals surface area contributed by atoms with Crippen LogP contribution in [0.3, 0.4) is 0 Å². The summed E-state index contributed by atoms with van der Waals surface area (Å²) in [6, 6.07) is 2.07. The van der Waals surface area contributed by atoms with Gasteiger partial charge in [-0.1, -0.05) is 11.6 Å². The zero-order chi connectivity index (χ0) is 10.8. The van der Waals surface area contributed by atoms with Crippen molar-refractivity contribution in [3.8, 4) is 0 Å². The summed E-state index contributed by atoms with van der Waals surface area (Å²) in [4.78, 5) is 1.13. The number of thiophene rings is 1. The quantitative estimate of drug-likeness (QED) is 0.712. The van der Waals surface area contributed by atoms with Crippen molar-refractivity contribution in [1.82, 2.24) is 0 Å². The SMILES string of the molecule is Cc1cc(C(Cl)C2CCCCO2)sc1Cl. The fourth-order valence-electron chi connectivity index (χ4n) is 1.80. The summed E-state index contributed by atoms with van der Waals surface area (Å²) in [5.74, 6) is 0. The molecule has 4 heteroatoms. The maximum absolute atomic E-state index is 6.40. The first-order valence-electron chi connectivity index (χ1n) is 5.20. The van der Waals surface area contributed by atoms with E-state index < -0.39 is 0 Å². The monoisotopic (exact) mass is 264 g/mol. The van der Waals surface area contributed by atoms with E-state index in [0.717, 1.165) is 34.2 Å². The van der Waals surface area contributed by atoms with Gasteiger partial charge in [-0.2, -0.15) is 0 Å². The second-order valence-corrected chi connectivity index (χ2v) is 6.07. The van der Waals surface area contributed by atoms with Crippen molar-refractivity contribution in [2.45, 2.75) is 37.7 Å². The van der Waals surface area contributed by atoms with E-state index in [1.807, 2.05) is 6.92 Å². The fourth-order valence-corrected chi connectivity index (χ4v) is 3.44. The third-order valence-corrected chi connectivity index (χ3v) is 4.97. The van der Waals surface area contributed by atoms with Gasteiger partial charge in [-0.05, 0) is 37.8 Å². The van der Waals surface area contributed by atoms with Crippen LogP contribution in [0.2, 0.25) is 4.34 Å². The van der Waals surface area contributed by atoms with Gasteiger partial charge in [-0.3, -0.25) is 0 Å². The minimum atomic E-state index is -0.0403. The maximum Gasteiger partial charge on any atom is 0.0960 e. The van der Waals surface area contributed by atoms with Crippen LogP contribution in [-0.4, -0.2) is 12.7 Å². The Labute approximate surface area is 104 Å². The van der Waals surface area contributed by atoms with Crippen molar-refractivity contribution in [1.29, 1.82) is 0 Å². The van der Waals surface area contributed by atoms with Gasteiger partial charge in [-0.15, -0.1) is 22.9 Å². The summed E-state index contributed by atoms with van der Waals surface area (Å²) >= 11 is 14.0. The molecular formula is C11H14Cl2OS. The molecule has 2 heterocycles. The van der Waals surface area contributed by atoms with Gasteiger partial charge in [0.25, 0.3) is 0 Å². The van der Waals surface area contributed by atoms with E-state index in [4.69, 9.17) is 27.9 Å². The lowest BCUT2D eigenvalue weighted by atomic mass is 10.1. The van der Waals surface area contributed by atoms with Gasteiger partial charge in [0, 0.05) is 11.5 Å². The number of halogens is 2. The average Bonchev–Trinajstić information content (AvgIpc) is 2.59. The first-order chi connectivity index (χ1) is 7.18. The van der Waals surface area contributed by atoms with Gasteiger partial charge in [0.05, 0.1) is 15.8 Å². The second kappa shape index (κ2) is 5.05. The molecular weight excluding hydrogens is 251 g/mol. The molecule has 1 aromatic heterocycles. The van der Waals surface area contributed by atoms with Gasteiger partial charge in [-0.25, -0.2) is 0 Å². The Bertz CT molecular complexity index is 312. The topological polar surface area (TPSA) is 9.23 Å². The largest absolute Gasteiger partial charge is 0.376 e. The zero-order valence-corrected chi connectivity index (χ0v) is 11.0. The van der Waals surface area contributed by atoms with Crippen LogP contribution in [0.1, 0.15) is 35.1 Å². The molecule has 1 aliphatic rings. The number of ether oxygens (including phenoxy) is 1. The van der Waals surface area contributed by atoms with Gasteiger partial charge in [0.15, 0.2) is 0 Å². The van der Waals surface area contributed by atoms with Crippen LogP contribution in [0, 0.1) is 6.92 Å². The number of hydrogen-bond acceptors (Lipinski definition) is 2. The van der Waals surface area contributed by atoms with Crippen LogP contribution in [0.15, 0.2) is 6.07 Å². The first-order valence-corrected chi connectivity index (χ1v) is 6.83. The predicted molar refractivity (Wildman–Crippen MR) is 66.3 cm³/mol. The highest BCUT2D eigenvalue weighted by molar-refractivity contribution is 7.16. The van der Waals surface area contributed by atoms with Crippen molar-refractivity contribution in [3.05, 3.63) is 20.8 Å². The van der Waals surface area contributed by atoms with E-state index in [-0.39, 0.29) is 11.5 Å². The van der Waals surface area contributed by atoms with Gasteiger partial charge in [0.2, 0.25) is 0 Å². The molecule has 0 N–H and O–H groups in total. The molecule has 0 spiro atoms. The van der Waals surface area contributed by atoms with Gasteiger partial charge in [0.1, 0.15) is 0 Å². The molecule has 1 nitrogen and oxygen atoms in total. The highest BCUT2D eigenvalue weighted by Crippen LogP contribution is 2.38. The summed E-state index contributed by atoms with van der Waals surface area (Å²) in [6.45, 7) is 2.85. The summed E-state index contributed by atoms with van der Waals surface area (Å²) < 4.78 is 6.51. The Morgan fingerprint density at radius 1 is 1.53 bits per heavy atom. The Morgan fingerprint density at radius 3 is 2.87 bits per heavy atom. The molecule has 0 amide bonds. The van der Waals surface area contributed by atoms with Crippen molar-refractivity contribution in [2.24, 2.45) is 0 Å². The molecule has 2 unspecified atom stereocenters. The normalized spacial score (nSPS) is 24.1. The van der Waals surface area contributed by atoms with Crippen molar-refractivity contribution < 1.29 is 4.74 Å². The Morgan fingerprint density at radius 2 is 2.33 bits per heavy atom. The van der Waals surface area contributed by atoms with Crippen molar-refractivity contribution in [2.75, 3.05) is 6.61 Å². The van der Waals surface area contributed by atoms with Crippen molar-refractivity contribution >= 4 is 34.5 Å². The fraction of sp³-hybridized carbons (Fsp3) is 0.636. The van der Waals surface area contributed by atoms with Crippen LogP contribution in [0.5, 0.6) is 0 Å². The molecule has 0 radical (unpaired) electrons. The van der Waals surface area contributed by atoms with Crippen molar-refractivity contribution in [3.63, 3.8) is 0 Å². The highest BCUT2D eigenvalue weighted by Gasteiger charge is 2.25. The van der Waals surface area contributed by atoms with Gasteiger partial charge >= 0.3 is 0 Å². The molecule has 0 aliphatic carbocycles. The van der Waals surface area contributed by atoms with E-state index in [0.29, 0.717) is 0 Å². The number of aryl methyl sites for hydroxylation is 1. The van der Waals surface area contributed by atoms with Crippen LogP contribution in [-0.2, 0) is 4.74 Å². The molecule has 84 valence electrons. The number of rotatable bonds is 2. The summed E-state index contributed by atoms with van der Waals surface area (Å²) in [6.07, 6.45) is 3.59. The molecule has 0 aromatic carbocycles. The summed E-state index contributed by atoms with van der Waals surface area (Å²) in [5.41, 5.74) is 1.11.